The van der Waals surface area contributed by atoms with Crippen molar-refractivity contribution in [3.8, 4) is 5.88 Å². The van der Waals surface area contributed by atoms with E-state index in [9.17, 15) is 5.11 Å². The van der Waals surface area contributed by atoms with Crippen LogP contribution in [-0.4, -0.2) is 5.16 Å². The summed E-state index contributed by atoms with van der Waals surface area (Å²) < 4.78 is 4.69. The van der Waals surface area contributed by atoms with Crippen LogP contribution in [0.2, 0.25) is 0 Å². The molecule has 0 unspecified atom stereocenters. The van der Waals surface area contributed by atoms with Gasteiger partial charge in [0, 0.05) is 11.3 Å². The molecule has 0 atom stereocenters. The molecule has 4 heteroatoms. The Labute approximate surface area is 106 Å². The van der Waals surface area contributed by atoms with E-state index in [4.69, 9.17) is 0 Å². The van der Waals surface area contributed by atoms with Gasteiger partial charge in [0.05, 0.1) is 0 Å². The predicted molar refractivity (Wildman–Crippen MR) is 33.5 cm³/mol. The van der Waals surface area contributed by atoms with Crippen LogP contribution in [0.5, 0.6) is 5.88 Å². The third-order valence-electron chi connectivity index (χ3n) is 1.34. The van der Waals surface area contributed by atoms with Gasteiger partial charge < -0.3 is 9.63 Å². The van der Waals surface area contributed by atoms with Gasteiger partial charge in [0.2, 0.25) is 0 Å². The average Bonchev–Trinajstić information content (AvgIpc) is 2.34. The Morgan fingerprint density at radius 1 is 1.27 bits per heavy atom. The fourth-order valence-corrected chi connectivity index (χ4v) is 0.863. The van der Waals surface area contributed by atoms with Crippen LogP contribution in [0.4, 0.5) is 0 Å². The van der Waals surface area contributed by atoms with Crippen molar-refractivity contribution in [3.63, 3.8) is 0 Å². The van der Waals surface area contributed by atoms with Crippen LogP contribution >= 0.6 is 0 Å². The second-order valence-electron chi connectivity index (χ2n) is 1.98. The Hall–Kier alpha value is 0.126. The summed E-state index contributed by atoms with van der Waals surface area (Å²) in [6.45, 7) is 0. The molecule has 1 heterocycles. The largest absolute Gasteiger partial charge is 1.00 e. The number of para-hydroxylation sites is 1. The number of nitrogens with zero attached hydrogens (tertiary/aromatic N) is 1. The zero-order valence-corrected chi connectivity index (χ0v) is 9.20. The second-order valence-corrected chi connectivity index (χ2v) is 1.98. The number of rotatable bonds is 0. The summed E-state index contributed by atoms with van der Waals surface area (Å²) in [7, 11) is 0. The Balaban J connectivity index is 0.000000605. The van der Waals surface area contributed by atoms with Crippen molar-refractivity contribution in [3.05, 3.63) is 24.3 Å². The first-order chi connectivity index (χ1) is 4.88. The van der Waals surface area contributed by atoms with Crippen LogP contribution in [-0.2, 0) is 0 Å². The predicted octanol–water partition coefficient (Wildman–Crippen LogP) is -2.09. The number of hydrogen-bond acceptors (Lipinski definition) is 3. The zero-order valence-electron chi connectivity index (χ0n) is 6.07. The van der Waals surface area contributed by atoms with Gasteiger partial charge in [-0.25, -0.2) is 0 Å². The molecule has 1 aromatic carbocycles. The van der Waals surface area contributed by atoms with E-state index in [-0.39, 0.29) is 57.3 Å². The number of aromatic nitrogens is 1. The number of fused-ring (bicyclic) bond motifs is 1. The molecular formula is C7H4KNO2. The molecule has 0 aliphatic rings. The van der Waals surface area contributed by atoms with Crippen molar-refractivity contribution in [2.45, 2.75) is 0 Å². The first-order valence-corrected chi connectivity index (χ1v) is 2.89. The van der Waals surface area contributed by atoms with E-state index in [0.29, 0.717) is 11.0 Å². The van der Waals surface area contributed by atoms with Crippen LogP contribution in [0, 0.1) is 0 Å². The van der Waals surface area contributed by atoms with Gasteiger partial charge in [0.15, 0.2) is 5.58 Å². The third-order valence-corrected chi connectivity index (χ3v) is 1.34. The molecule has 0 spiro atoms. The minimum absolute atomic E-state index is 0. The van der Waals surface area contributed by atoms with E-state index in [1.54, 1.807) is 24.3 Å². The molecule has 0 radical (unpaired) electrons. The van der Waals surface area contributed by atoms with E-state index in [0.717, 1.165) is 0 Å². The Kier molecular flexibility index (Phi) is 3.09. The molecule has 0 amide bonds. The van der Waals surface area contributed by atoms with Crippen molar-refractivity contribution in [1.29, 1.82) is 0 Å². The maximum Gasteiger partial charge on any atom is 1.00 e. The fourth-order valence-electron chi connectivity index (χ4n) is 0.863. The van der Waals surface area contributed by atoms with Crippen molar-refractivity contribution >= 4 is 11.0 Å². The van der Waals surface area contributed by atoms with E-state index < -0.39 is 0 Å². The van der Waals surface area contributed by atoms with Gasteiger partial charge in [-0.15, -0.1) is 0 Å². The van der Waals surface area contributed by atoms with Crippen molar-refractivity contribution in [2.24, 2.45) is 0 Å². The minimum atomic E-state index is -0.296. The van der Waals surface area contributed by atoms with Gasteiger partial charge in [-0.1, -0.05) is 23.4 Å². The van der Waals surface area contributed by atoms with Gasteiger partial charge in [0.1, 0.15) is 0 Å². The van der Waals surface area contributed by atoms with Crippen molar-refractivity contribution < 1.29 is 61.0 Å². The number of benzene rings is 1. The monoisotopic (exact) mass is 173 g/mol. The molecule has 0 N–H and O–H groups in total. The summed E-state index contributed by atoms with van der Waals surface area (Å²) in [6, 6.07) is 6.98. The normalized spacial score (nSPS) is 9.45. The smallest absolute Gasteiger partial charge is 0.856 e. The summed E-state index contributed by atoms with van der Waals surface area (Å²) in [5.41, 5.74) is 0.549. The summed E-state index contributed by atoms with van der Waals surface area (Å²) >= 11 is 0. The Bertz CT molecular complexity index is 358. The molecule has 0 bridgehead atoms. The molecular weight excluding hydrogens is 169 g/mol. The molecule has 2 aromatic rings. The molecule has 0 saturated heterocycles. The molecule has 50 valence electrons. The van der Waals surface area contributed by atoms with Gasteiger partial charge in [-0.05, 0) is 6.07 Å². The fraction of sp³-hybridized carbons (Fsp3) is 0. The van der Waals surface area contributed by atoms with Crippen molar-refractivity contribution in [2.75, 3.05) is 0 Å². The first-order valence-electron chi connectivity index (χ1n) is 2.89. The first kappa shape index (κ1) is 9.22. The van der Waals surface area contributed by atoms with E-state index in [1.165, 1.54) is 0 Å². The van der Waals surface area contributed by atoms with Crippen molar-refractivity contribution in [1.82, 2.24) is 5.16 Å². The number of hydrogen-bond donors (Lipinski definition) is 0. The molecule has 0 aliphatic carbocycles. The Morgan fingerprint density at radius 3 is 2.73 bits per heavy atom. The molecule has 0 saturated carbocycles. The molecule has 1 aromatic heterocycles. The SMILES string of the molecule is [K+].[O-]c1noc2ccccc12. The van der Waals surface area contributed by atoms with Crippen LogP contribution < -0.4 is 56.5 Å². The van der Waals surface area contributed by atoms with Gasteiger partial charge in [-0.2, -0.15) is 0 Å². The standard InChI is InChI=1S/C7H5NO2.K/c9-7-5-3-1-2-4-6(5)10-8-7;/h1-4H,(H,8,9);/q;+1/p-1. The maximum atomic E-state index is 10.8. The summed E-state index contributed by atoms with van der Waals surface area (Å²) in [5.74, 6) is -0.296. The molecule has 2 rings (SSSR count). The maximum absolute atomic E-state index is 10.8. The quantitative estimate of drug-likeness (QED) is 0.429. The van der Waals surface area contributed by atoms with Gasteiger partial charge >= 0.3 is 51.4 Å². The second kappa shape index (κ2) is 3.69. The summed E-state index contributed by atoms with van der Waals surface area (Å²) in [4.78, 5) is 0. The molecule has 0 fully saturated rings. The summed E-state index contributed by atoms with van der Waals surface area (Å²) in [6.07, 6.45) is 0. The van der Waals surface area contributed by atoms with Gasteiger partial charge in [-0.3, -0.25) is 0 Å². The molecule has 3 nitrogen and oxygen atoms in total. The Morgan fingerprint density at radius 2 is 2.00 bits per heavy atom. The molecule has 11 heavy (non-hydrogen) atoms. The summed E-state index contributed by atoms with van der Waals surface area (Å²) in [5, 5.41) is 14.6. The minimum Gasteiger partial charge on any atom is -0.856 e. The van der Waals surface area contributed by atoms with Crippen LogP contribution in [0.15, 0.2) is 28.8 Å². The average molecular weight is 173 g/mol. The van der Waals surface area contributed by atoms with E-state index >= 15 is 0 Å². The third kappa shape index (κ3) is 1.65. The van der Waals surface area contributed by atoms with Crippen LogP contribution in [0.3, 0.4) is 0 Å². The van der Waals surface area contributed by atoms with E-state index in [2.05, 4.69) is 9.68 Å². The zero-order chi connectivity index (χ0) is 6.97. The van der Waals surface area contributed by atoms with Crippen LogP contribution in [0.1, 0.15) is 0 Å². The topological polar surface area (TPSA) is 49.1 Å². The van der Waals surface area contributed by atoms with E-state index in [1.807, 2.05) is 0 Å². The van der Waals surface area contributed by atoms with Crippen LogP contribution in [0.25, 0.3) is 11.0 Å². The van der Waals surface area contributed by atoms with Gasteiger partial charge in [0.25, 0.3) is 0 Å². The molecule has 0 aliphatic heterocycles.